The van der Waals surface area contributed by atoms with Gasteiger partial charge in [0.25, 0.3) is 5.56 Å². The van der Waals surface area contributed by atoms with Crippen LogP contribution in [0.3, 0.4) is 0 Å². The van der Waals surface area contributed by atoms with Crippen molar-refractivity contribution in [2.24, 2.45) is 0 Å². The summed E-state index contributed by atoms with van der Waals surface area (Å²) in [5.74, 6) is 2.58. The van der Waals surface area contributed by atoms with Gasteiger partial charge in [-0.05, 0) is 30.3 Å². The number of hydrogen-bond donors (Lipinski definition) is 1. The first-order valence-electron chi connectivity index (χ1n) is 9.87. The molecule has 0 saturated carbocycles. The van der Waals surface area contributed by atoms with Crippen molar-refractivity contribution in [2.75, 3.05) is 52.4 Å². The molecule has 8 nitrogen and oxygen atoms in total. The Hall–Kier alpha value is -3.26. The molecule has 1 aromatic heterocycles. The van der Waals surface area contributed by atoms with Gasteiger partial charge in [-0.2, -0.15) is 0 Å². The van der Waals surface area contributed by atoms with Crippen LogP contribution in [-0.4, -0.2) is 62.4 Å². The number of nitrogens with zero attached hydrogens (tertiary/aromatic N) is 3. The summed E-state index contributed by atoms with van der Waals surface area (Å²) in [4.78, 5) is 24.8. The molecule has 3 aromatic rings. The Morgan fingerprint density at radius 3 is 2.23 bits per heavy atom. The van der Waals surface area contributed by atoms with Crippen LogP contribution in [-0.2, 0) is 6.54 Å². The molecule has 0 unspecified atom stereocenters. The third-order valence-electron chi connectivity index (χ3n) is 5.44. The number of piperazine rings is 1. The van der Waals surface area contributed by atoms with Gasteiger partial charge in [-0.3, -0.25) is 9.69 Å². The van der Waals surface area contributed by atoms with Gasteiger partial charge in [-0.15, -0.1) is 0 Å². The standard InChI is InChI=1S/C22H26N4O4/c1-28-16-6-4-15(5-7-16)26-10-8-25(9-11-26)14-21-23-18-13-20(30-3)19(29-2)12-17(18)22(27)24-21/h4-7,12-13H,8-11,14H2,1-3H3,(H,23,24,27). The fraction of sp³-hybridized carbons (Fsp3) is 0.364. The quantitative estimate of drug-likeness (QED) is 0.668. The molecule has 1 aliphatic heterocycles. The Morgan fingerprint density at radius 1 is 0.933 bits per heavy atom. The topological polar surface area (TPSA) is 79.9 Å². The van der Waals surface area contributed by atoms with Crippen molar-refractivity contribution >= 4 is 16.6 Å². The number of fused-ring (bicyclic) bond motifs is 1. The van der Waals surface area contributed by atoms with E-state index in [1.807, 2.05) is 12.1 Å². The lowest BCUT2D eigenvalue weighted by atomic mass is 10.2. The monoisotopic (exact) mass is 410 g/mol. The highest BCUT2D eigenvalue weighted by atomic mass is 16.5. The average Bonchev–Trinajstić information content (AvgIpc) is 2.79. The summed E-state index contributed by atoms with van der Waals surface area (Å²) in [7, 11) is 4.79. The van der Waals surface area contributed by atoms with Crippen LogP contribution in [0.2, 0.25) is 0 Å². The van der Waals surface area contributed by atoms with Gasteiger partial charge in [-0.25, -0.2) is 4.98 Å². The minimum absolute atomic E-state index is 0.173. The van der Waals surface area contributed by atoms with Crippen LogP contribution in [0.4, 0.5) is 5.69 Å². The van der Waals surface area contributed by atoms with Gasteiger partial charge >= 0.3 is 0 Å². The number of benzene rings is 2. The van der Waals surface area contributed by atoms with Crippen LogP contribution in [0, 0.1) is 0 Å². The third-order valence-corrected chi connectivity index (χ3v) is 5.44. The number of H-pyrrole nitrogens is 1. The number of rotatable bonds is 6. The lowest BCUT2D eigenvalue weighted by molar-refractivity contribution is 0.244. The van der Waals surface area contributed by atoms with E-state index in [1.54, 1.807) is 33.5 Å². The molecule has 4 rings (SSSR count). The number of ether oxygens (including phenoxy) is 3. The summed E-state index contributed by atoms with van der Waals surface area (Å²) in [6.07, 6.45) is 0. The molecule has 1 N–H and O–H groups in total. The number of hydrogen-bond acceptors (Lipinski definition) is 7. The van der Waals surface area contributed by atoms with Crippen LogP contribution in [0.1, 0.15) is 5.82 Å². The summed E-state index contributed by atoms with van der Waals surface area (Å²) in [5, 5.41) is 0.487. The molecule has 30 heavy (non-hydrogen) atoms. The van der Waals surface area contributed by atoms with Crippen LogP contribution in [0.15, 0.2) is 41.2 Å². The number of aromatic amines is 1. The maximum absolute atomic E-state index is 12.6. The zero-order chi connectivity index (χ0) is 21.1. The summed E-state index contributed by atoms with van der Waals surface area (Å²) in [6, 6.07) is 11.5. The number of methoxy groups -OCH3 is 3. The first-order chi connectivity index (χ1) is 14.6. The third kappa shape index (κ3) is 4.04. The minimum atomic E-state index is -0.173. The fourth-order valence-electron chi connectivity index (χ4n) is 3.76. The molecule has 8 heteroatoms. The first-order valence-corrected chi connectivity index (χ1v) is 9.87. The second-order valence-electron chi connectivity index (χ2n) is 7.20. The molecule has 0 amide bonds. The zero-order valence-corrected chi connectivity index (χ0v) is 17.5. The molecule has 0 atom stereocenters. The van der Waals surface area contributed by atoms with E-state index in [9.17, 15) is 4.79 Å². The van der Waals surface area contributed by atoms with E-state index in [0.717, 1.165) is 31.9 Å². The van der Waals surface area contributed by atoms with Crippen molar-refractivity contribution in [1.29, 1.82) is 0 Å². The predicted molar refractivity (Wildman–Crippen MR) is 116 cm³/mol. The zero-order valence-electron chi connectivity index (χ0n) is 17.5. The van der Waals surface area contributed by atoms with Gasteiger partial charge in [-0.1, -0.05) is 0 Å². The van der Waals surface area contributed by atoms with Crippen LogP contribution >= 0.6 is 0 Å². The van der Waals surface area contributed by atoms with Gasteiger partial charge in [0.2, 0.25) is 0 Å². The maximum Gasteiger partial charge on any atom is 0.258 e. The minimum Gasteiger partial charge on any atom is -0.497 e. The SMILES string of the molecule is COc1ccc(N2CCN(Cc3nc4cc(OC)c(OC)cc4c(=O)[nH]3)CC2)cc1. The molecular formula is C22H26N4O4. The van der Waals surface area contributed by atoms with Crippen LogP contribution in [0.5, 0.6) is 17.2 Å². The van der Waals surface area contributed by atoms with E-state index in [4.69, 9.17) is 14.2 Å². The first kappa shape index (κ1) is 20.0. The lowest BCUT2D eigenvalue weighted by Gasteiger charge is -2.35. The molecule has 2 aromatic carbocycles. The van der Waals surface area contributed by atoms with Gasteiger partial charge in [0.15, 0.2) is 11.5 Å². The Bertz CT molecular complexity index is 1070. The maximum atomic E-state index is 12.6. The van der Waals surface area contributed by atoms with Crippen molar-refractivity contribution in [3.8, 4) is 17.2 Å². The highest BCUT2D eigenvalue weighted by molar-refractivity contribution is 5.81. The van der Waals surface area contributed by atoms with Crippen LogP contribution in [0.25, 0.3) is 10.9 Å². The normalized spacial score (nSPS) is 14.7. The van der Waals surface area contributed by atoms with Crippen LogP contribution < -0.4 is 24.7 Å². The molecule has 1 saturated heterocycles. The second kappa shape index (κ2) is 8.62. The second-order valence-corrected chi connectivity index (χ2v) is 7.20. The molecule has 0 radical (unpaired) electrons. The molecule has 1 aliphatic rings. The molecule has 0 spiro atoms. The van der Waals surface area contributed by atoms with Gasteiger partial charge in [0, 0.05) is 37.9 Å². The number of anilines is 1. The summed E-state index contributed by atoms with van der Waals surface area (Å²) >= 11 is 0. The van der Waals surface area contributed by atoms with E-state index < -0.39 is 0 Å². The summed E-state index contributed by atoms with van der Waals surface area (Å²) < 4.78 is 15.9. The molecule has 0 bridgehead atoms. The van der Waals surface area contributed by atoms with Crippen molar-refractivity contribution in [3.63, 3.8) is 0 Å². The molecular weight excluding hydrogens is 384 g/mol. The van der Waals surface area contributed by atoms with Crippen molar-refractivity contribution in [1.82, 2.24) is 14.9 Å². The summed E-state index contributed by atoms with van der Waals surface area (Å²) in [5.41, 5.74) is 1.62. The fourth-order valence-corrected chi connectivity index (χ4v) is 3.76. The van der Waals surface area contributed by atoms with E-state index in [1.165, 1.54) is 5.69 Å². The number of nitrogens with one attached hydrogen (secondary N) is 1. The highest BCUT2D eigenvalue weighted by Crippen LogP contribution is 2.30. The van der Waals surface area contributed by atoms with Crippen molar-refractivity contribution in [3.05, 3.63) is 52.6 Å². The smallest absolute Gasteiger partial charge is 0.258 e. The Kier molecular flexibility index (Phi) is 5.76. The lowest BCUT2D eigenvalue weighted by Crippen LogP contribution is -2.46. The molecule has 0 aliphatic carbocycles. The Morgan fingerprint density at radius 2 is 1.60 bits per heavy atom. The largest absolute Gasteiger partial charge is 0.497 e. The van der Waals surface area contributed by atoms with Gasteiger partial charge in [0.1, 0.15) is 11.6 Å². The van der Waals surface area contributed by atoms with Crippen molar-refractivity contribution in [2.45, 2.75) is 6.54 Å². The predicted octanol–water partition coefficient (Wildman–Crippen LogP) is 2.27. The average molecular weight is 410 g/mol. The van der Waals surface area contributed by atoms with E-state index in [2.05, 4.69) is 31.9 Å². The van der Waals surface area contributed by atoms with Gasteiger partial charge in [0.05, 0.1) is 38.8 Å². The Labute approximate surface area is 175 Å². The number of aromatic nitrogens is 2. The Balaban J connectivity index is 1.46. The molecule has 1 fully saturated rings. The van der Waals surface area contributed by atoms with E-state index in [0.29, 0.717) is 34.8 Å². The summed E-state index contributed by atoms with van der Waals surface area (Å²) in [6.45, 7) is 4.19. The van der Waals surface area contributed by atoms with Gasteiger partial charge < -0.3 is 24.1 Å². The molecule has 158 valence electrons. The van der Waals surface area contributed by atoms with Crippen molar-refractivity contribution < 1.29 is 14.2 Å². The van der Waals surface area contributed by atoms with E-state index >= 15 is 0 Å². The highest BCUT2D eigenvalue weighted by Gasteiger charge is 2.19. The van der Waals surface area contributed by atoms with E-state index in [-0.39, 0.29) is 5.56 Å². The molecule has 2 heterocycles.